The predicted molar refractivity (Wildman–Crippen MR) is 65.7 cm³/mol. The average molecular weight is 281 g/mol. The molecule has 0 heterocycles. The molecule has 0 aromatic heterocycles. The number of rotatable bonds is 4. The molecule has 0 radical (unpaired) electrons. The Labute approximate surface area is 102 Å². The van der Waals surface area contributed by atoms with Crippen molar-refractivity contribution in [2.45, 2.75) is 13.8 Å². The van der Waals surface area contributed by atoms with Crippen molar-refractivity contribution >= 4 is 25.4 Å². The molecule has 3 heteroatoms. The first-order chi connectivity index (χ1) is 7.74. The molecule has 0 amide bonds. The first-order valence-electron chi connectivity index (χ1n) is 5.04. The van der Waals surface area contributed by atoms with Crippen LogP contribution in [-0.4, -0.2) is 27.5 Å². The number of carbonyl (C=O) groups excluding carboxylic acids is 1. The molecule has 0 atom stereocenters. The summed E-state index contributed by atoms with van der Waals surface area (Å²) in [4.78, 5) is 13.2. The zero-order valence-corrected chi connectivity index (χ0v) is 11.1. The first kappa shape index (κ1) is 12.8. The van der Waals surface area contributed by atoms with E-state index in [2.05, 4.69) is 17.9 Å². The van der Waals surface area contributed by atoms with Gasteiger partial charge >= 0.3 is 102 Å². The minimum atomic E-state index is -0.289. The summed E-state index contributed by atoms with van der Waals surface area (Å²) >= 11 is 0.217. The SMILES string of the molecule is CCOC(=O)C(C)=C=C[Se]c1ccccc1. The van der Waals surface area contributed by atoms with Gasteiger partial charge in [0, 0.05) is 0 Å². The van der Waals surface area contributed by atoms with Gasteiger partial charge in [0.2, 0.25) is 0 Å². The Kier molecular flexibility index (Phi) is 5.66. The van der Waals surface area contributed by atoms with E-state index in [1.165, 1.54) is 4.46 Å². The molecule has 1 aromatic rings. The molecular weight excluding hydrogens is 267 g/mol. The van der Waals surface area contributed by atoms with E-state index in [0.29, 0.717) is 12.2 Å². The van der Waals surface area contributed by atoms with Gasteiger partial charge in [-0.05, 0) is 0 Å². The Morgan fingerprint density at radius 1 is 1.44 bits per heavy atom. The maximum atomic E-state index is 11.3. The molecule has 0 spiro atoms. The third-order valence-corrected chi connectivity index (χ3v) is 3.43. The van der Waals surface area contributed by atoms with Gasteiger partial charge in [-0.3, -0.25) is 0 Å². The third-order valence-electron chi connectivity index (χ3n) is 1.80. The van der Waals surface area contributed by atoms with Crippen LogP contribution in [0.15, 0.2) is 46.6 Å². The third kappa shape index (κ3) is 4.50. The summed E-state index contributed by atoms with van der Waals surface area (Å²) in [6.07, 6.45) is 0. The van der Waals surface area contributed by atoms with Gasteiger partial charge < -0.3 is 0 Å². The van der Waals surface area contributed by atoms with Crippen LogP contribution in [0.1, 0.15) is 13.8 Å². The van der Waals surface area contributed by atoms with Gasteiger partial charge in [0.05, 0.1) is 0 Å². The molecular formula is C13H14O2Se. The molecule has 0 saturated carbocycles. The Morgan fingerprint density at radius 2 is 2.12 bits per heavy atom. The van der Waals surface area contributed by atoms with Crippen molar-refractivity contribution in [1.82, 2.24) is 0 Å². The second-order valence-corrected chi connectivity index (χ2v) is 5.02. The van der Waals surface area contributed by atoms with Gasteiger partial charge in [-0.25, -0.2) is 0 Å². The van der Waals surface area contributed by atoms with Crippen LogP contribution in [0.25, 0.3) is 0 Å². The standard InChI is InChI=1S/C13H14O2Se/c1-3-15-13(14)11(2)9-10-16-12-7-5-4-6-8-12/h4-8,10H,3H2,1-2H3. The van der Waals surface area contributed by atoms with Crippen LogP contribution in [0.3, 0.4) is 0 Å². The molecule has 0 saturated heterocycles. The molecule has 0 unspecified atom stereocenters. The zero-order valence-electron chi connectivity index (χ0n) is 9.40. The van der Waals surface area contributed by atoms with Crippen LogP contribution in [0.4, 0.5) is 0 Å². The van der Waals surface area contributed by atoms with Crippen molar-refractivity contribution in [3.63, 3.8) is 0 Å². The molecule has 0 fully saturated rings. The van der Waals surface area contributed by atoms with Crippen molar-refractivity contribution in [1.29, 1.82) is 0 Å². The summed E-state index contributed by atoms with van der Waals surface area (Å²) in [5, 5.41) is 0. The van der Waals surface area contributed by atoms with E-state index in [1.807, 2.05) is 23.2 Å². The molecule has 0 bridgehead atoms. The van der Waals surface area contributed by atoms with Crippen LogP contribution in [0.2, 0.25) is 0 Å². The van der Waals surface area contributed by atoms with E-state index >= 15 is 0 Å². The zero-order chi connectivity index (χ0) is 11.8. The fourth-order valence-corrected chi connectivity index (χ4v) is 2.42. The van der Waals surface area contributed by atoms with E-state index in [-0.39, 0.29) is 20.9 Å². The van der Waals surface area contributed by atoms with Crippen molar-refractivity contribution in [2.75, 3.05) is 6.61 Å². The summed E-state index contributed by atoms with van der Waals surface area (Å²) in [5.41, 5.74) is 3.49. The second-order valence-electron chi connectivity index (χ2n) is 3.04. The number of hydrogen-bond donors (Lipinski definition) is 0. The molecule has 1 rings (SSSR count). The van der Waals surface area contributed by atoms with Crippen LogP contribution < -0.4 is 4.46 Å². The molecule has 16 heavy (non-hydrogen) atoms. The number of carbonyl (C=O) groups is 1. The minimum absolute atomic E-state index is 0.217. The predicted octanol–water partition coefficient (Wildman–Crippen LogP) is 1.64. The Balaban J connectivity index is 2.59. The maximum absolute atomic E-state index is 11.3. The van der Waals surface area contributed by atoms with Gasteiger partial charge in [0.15, 0.2) is 0 Å². The number of hydrogen-bond acceptors (Lipinski definition) is 2. The fraction of sp³-hybridized carbons (Fsp3) is 0.231. The molecule has 84 valence electrons. The quantitative estimate of drug-likeness (QED) is 0.363. The van der Waals surface area contributed by atoms with Gasteiger partial charge in [-0.1, -0.05) is 0 Å². The van der Waals surface area contributed by atoms with Crippen molar-refractivity contribution in [2.24, 2.45) is 0 Å². The summed E-state index contributed by atoms with van der Waals surface area (Å²) in [6.45, 7) is 3.92. The van der Waals surface area contributed by atoms with Gasteiger partial charge in [0.1, 0.15) is 0 Å². The molecule has 0 N–H and O–H groups in total. The fourth-order valence-electron chi connectivity index (χ4n) is 0.983. The second kappa shape index (κ2) is 7.08. The Morgan fingerprint density at radius 3 is 2.75 bits per heavy atom. The van der Waals surface area contributed by atoms with Gasteiger partial charge in [-0.15, -0.1) is 0 Å². The van der Waals surface area contributed by atoms with Gasteiger partial charge in [-0.2, -0.15) is 0 Å². The summed E-state index contributed by atoms with van der Waals surface area (Å²) < 4.78 is 6.12. The van der Waals surface area contributed by atoms with Crippen LogP contribution >= 0.6 is 0 Å². The van der Waals surface area contributed by atoms with Crippen molar-refractivity contribution in [3.8, 4) is 0 Å². The van der Waals surface area contributed by atoms with E-state index in [4.69, 9.17) is 4.74 Å². The first-order valence-corrected chi connectivity index (χ1v) is 6.89. The number of benzene rings is 1. The summed E-state index contributed by atoms with van der Waals surface area (Å²) in [6, 6.07) is 10.1. The molecule has 0 aliphatic rings. The van der Waals surface area contributed by atoms with E-state index < -0.39 is 0 Å². The van der Waals surface area contributed by atoms with Crippen LogP contribution in [0.5, 0.6) is 0 Å². The topological polar surface area (TPSA) is 26.3 Å². The van der Waals surface area contributed by atoms with E-state index in [9.17, 15) is 4.79 Å². The van der Waals surface area contributed by atoms with Crippen LogP contribution in [-0.2, 0) is 9.53 Å². The number of ether oxygens (including phenoxy) is 1. The average Bonchev–Trinajstić information content (AvgIpc) is 2.30. The molecule has 0 aliphatic carbocycles. The molecule has 2 nitrogen and oxygen atoms in total. The summed E-state index contributed by atoms with van der Waals surface area (Å²) in [7, 11) is 0. The normalized spacial score (nSPS) is 9.12. The van der Waals surface area contributed by atoms with E-state index in [1.54, 1.807) is 13.8 Å². The monoisotopic (exact) mass is 282 g/mol. The van der Waals surface area contributed by atoms with Crippen molar-refractivity contribution in [3.05, 3.63) is 46.6 Å². The van der Waals surface area contributed by atoms with Crippen LogP contribution in [0, 0.1) is 0 Å². The number of esters is 1. The Hall–Kier alpha value is -1.27. The van der Waals surface area contributed by atoms with E-state index in [0.717, 1.165) is 0 Å². The Bertz CT molecular complexity index is 403. The van der Waals surface area contributed by atoms with Gasteiger partial charge in [0.25, 0.3) is 0 Å². The summed E-state index contributed by atoms with van der Waals surface area (Å²) in [5.74, 6) is -0.289. The van der Waals surface area contributed by atoms with Crippen molar-refractivity contribution < 1.29 is 9.53 Å². The molecule has 0 aliphatic heterocycles. The molecule has 1 aromatic carbocycles.